The number of hydrogen-bond donors (Lipinski definition) is 1. The lowest BCUT2D eigenvalue weighted by molar-refractivity contribution is 0.0697. The average molecular weight is 242 g/mol. The van der Waals surface area contributed by atoms with Gasteiger partial charge in [-0.1, -0.05) is 61.9 Å². The van der Waals surface area contributed by atoms with Gasteiger partial charge in [-0.2, -0.15) is 0 Å². The molecule has 94 valence electrons. The van der Waals surface area contributed by atoms with E-state index in [-0.39, 0.29) is 0 Å². The van der Waals surface area contributed by atoms with Crippen molar-refractivity contribution < 1.29 is 9.90 Å². The molecule has 0 saturated carbocycles. The van der Waals surface area contributed by atoms with Crippen LogP contribution in [0.1, 0.15) is 29.8 Å². The molecule has 2 nitrogen and oxygen atoms in total. The van der Waals surface area contributed by atoms with Crippen LogP contribution in [0.5, 0.6) is 0 Å². The zero-order valence-electron chi connectivity index (χ0n) is 11.0. The Kier molecular flexibility index (Phi) is 5.12. The molecule has 0 radical (unpaired) electrons. The zero-order chi connectivity index (χ0) is 13.5. The maximum absolute atomic E-state index is 11.1. The summed E-state index contributed by atoms with van der Waals surface area (Å²) in [6.07, 6.45) is 0. The van der Waals surface area contributed by atoms with E-state index in [1.54, 1.807) is 6.07 Å². The van der Waals surface area contributed by atoms with Crippen molar-refractivity contribution in [1.82, 2.24) is 0 Å². The van der Waals surface area contributed by atoms with Gasteiger partial charge in [-0.05, 0) is 24.1 Å². The third-order valence-electron chi connectivity index (χ3n) is 2.49. The molecule has 0 saturated heterocycles. The molecule has 0 aliphatic rings. The summed E-state index contributed by atoms with van der Waals surface area (Å²) in [4.78, 5) is 11.1. The molecule has 0 amide bonds. The molecule has 18 heavy (non-hydrogen) atoms. The van der Waals surface area contributed by atoms with Gasteiger partial charge in [0.15, 0.2) is 0 Å². The predicted octanol–water partition coefficient (Wildman–Crippen LogP) is 4.39. The molecule has 0 aliphatic carbocycles. The summed E-state index contributed by atoms with van der Waals surface area (Å²) in [5, 5.41) is 9.15. The van der Waals surface area contributed by atoms with E-state index in [4.69, 9.17) is 5.11 Å². The molecule has 0 atom stereocenters. The van der Waals surface area contributed by atoms with Crippen molar-refractivity contribution in [3.8, 4) is 11.1 Å². The standard InChI is InChI=1S/C14H12O2.C2H6/c1-10-7-8-12(13(9-10)14(15)16)11-5-3-2-4-6-11;1-2/h2-9H,1H3,(H,15,16);1-2H3. The molecule has 2 heteroatoms. The van der Waals surface area contributed by atoms with Crippen LogP contribution in [0, 0.1) is 6.92 Å². The van der Waals surface area contributed by atoms with Gasteiger partial charge in [-0.3, -0.25) is 0 Å². The van der Waals surface area contributed by atoms with Crippen molar-refractivity contribution in [2.45, 2.75) is 20.8 Å². The van der Waals surface area contributed by atoms with Gasteiger partial charge in [0, 0.05) is 0 Å². The predicted molar refractivity (Wildman–Crippen MR) is 74.9 cm³/mol. The quantitative estimate of drug-likeness (QED) is 0.848. The lowest BCUT2D eigenvalue weighted by Gasteiger charge is -2.07. The zero-order valence-corrected chi connectivity index (χ0v) is 11.0. The first-order valence-corrected chi connectivity index (χ1v) is 6.08. The van der Waals surface area contributed by atoms with E-state index in [1.165, 1.54) is 0 Å². The van der Waals surface area contributed by atoms with Gasteiger partial charge in [-0.25, -0.2) is 4.79 Å². The van der Waals surface area contributed by atoms with E-state index in [2.05, 4.69) is 0 Å². The summed E-state index contributed by atoms with van der Waals surface area (Å²) in [5.74, 6) is -0.887. The molecule has 0 aliphatic heterocycles. The van der Waals surface area contributed by atoms with Crippen LogP contribution in [0.25, 0.3) is 11.1 Å². The average Bonchev–Trinajstić information content (AvgIpc) is 2.42. The Labute approximate surface area is 108 Å². The van der Waals surface area contributed by atoms with Gasteiger partial charge in [0.25, 0.3) is 0 Å². The fraction of sp³-hybridized carbons (Fsp3) is 0.188. The largest absolute Gasteiger partial charge is 0.478 e. The number of hydrogen-bond acceptors (Lipinski definition) is 1. The molecule has 0 fully saturated rings. The van der Waals surface area contributed by atoms with Crippen LogP contribution in [-0.4, -0.2) is 11.1 Å². The maximum atomic E-state index is 11.1. The van der Waals surface area contributed by atoms with Crippen molar-refractivity contribution in [1.29, 1.82) is 0 Å². The Morgan fingerprint density at radius 1 is 1.00 bits per heavy atom. The summed E-state index contributed by atoms with van der Waals surface area (Å²) >= 11 is 0. The highest BCUT2D eigenvalue weighted by molar-refractivity contribution is 5.96. The number of carboxylic acid groups (broad SMARTS) is 1. The fourth-order valence-corrected chi connectivity index (χ4v) is 1.70. The topological polar surface area (TPSA) is 37.3 Å². The molecule has 2 aromatic rings. The summed E-state index contributed by atoms with van der Waals surface area (Å²) in [6, 6.07) is 15.0. The van der Waals surface area contributed by atoms with Crippen LogP contribution in [0.3, 0.4) is 0 Å². The minimum atomic E-state index is -0.887. The second kappa shape index (κ2) is 6.60. The first-order chi connectivity index (χ1) is 8.68. The molecular formula is C16H18O2. The highest BCUT2D eigenvalue weighted by atomic mass is 16.4. The van der Waals surface area contributed by atoms with Gasteiger partial charge >= 0.3 is 5.97 Å². The summed E-state index contributed by atoms with van der Waals surface area (Å²) < 4.78 is 0. The SMILES string of the molecule is CC.Cc1ccc(-c2ccccc2)c(C(=O)O)c1. The monoisotopic (exact) mass is 242 g/mol. The van der Waals surface area contributed by atoms with Crippen molar-refractivity contribution in [3.63, 3.8) is 0 Å². The Morgan fingerprint density at radius 2 is 1.61 bits per heavy atom. The smallest absolute Gasteiger partial charge is 0.336 e. The highest BCUT2D eigenvalue weighted by Gasteiger charge is 2.11. The van der Waals surface area contributed by atoms with Crippen LogP contribution >= 0.6 is 0 Å². The van der Waals surface area contributed by atoms with Crippen molar-refractivity contribution in [3.05, 3.63) is 59.7 Å². The fourth-order valence-electron chi connectivity index (χ4n) is 1.70. The van der Waals surface area contributed by atoms with E-state index in [1.807, 2.05) is 63.2 Å². The number of benzene rings is 2. The van der Waals surface area contributed by atoms with Gasteiger partial charge in [0.2, 0.25) is 0 Å². The molecule has 0 heterocycles. The van der Waals surface area contributed by atoms with Gasteiger partial charge in [0.05, 0.1) is 5.56 Å². The Balaban J connectivity index is 0.000000771. The summed E-state index contributed by atoms with van der Waals surface area (Å²) in [7, 11) is 0. The number of aryl methyl sites for hydroxylation is 1. The number of aromatic carboxylic acids is 1. The van der Waals surface area contributed by atoms with Crippen molar-refractivity contribution in [2.75, 3.05) is 0 Å². The summed E-state index contributed by atoms with van der Waals surface area (Å²) in [6.45, 7) is 5.89. The van der Waals surface area contributed by atoms with Crippen LogP contribution < -0.4 is 0 Å². The third-order valence-corrected chi connectivity index (χ3v) is 2.49. The Bertz CT molecular complexity index is 516. The van der Waals surface area contributed by atoms with E-state index in [0.717, 1.165) is 16.7 Å². The van der Waals surface area contributed by atoms with Crippen LogP contribution in [-0.2, 0) is 0 Å². The molecule has 0 spiro atoms. The van der Waals surface area contributed by atoms with Crippen LogP contribution in [0.4, 0.5) is 0 Å². The number of rotatable bonds is 2. The minimum absolute atomic E-state index is 0.353. The molecule has 0 unspecified atom stereocenters. The summed E-state index contributed by atoms with van der Waals surface area (Å²) in [5.41, 5.74) is 3.00. The molecule has 0 bridgehead atoms. The van der Waals surface area contributed by atoms with Crippen molar-refractivity contribution in [2.24, 2.45) is 0 Å². The first kappa shape index (κ1) is 14.0. The highest BCUT2D eigenvalue weighted by Crippen LogP contribution is 2.24. The molecule has 0 aromatic heterocycles. The molecular weight excluding hydrogens is 224 g/mol. The number of carboxylic acids is 1. The van der Waals surface area contributed by atoms with Crippen molar-refractivity contribution >= 4 is 5.97 Å². The van der Waals surface area contributed by atoms with E-state index in [0.29, 0.717) is 5.56 Å². The van der Waals surface area contributed by atoms with Gasteiger partial charge < -0.3 is 5.11 Å². The lowest BCUT2D eigenvalue weighted by atomic mass is 9.98. The van der Waals surface area contributed by atoms with E-state index in [9.17, 15) is 4.79 Å². The molecule has 2 rings (SSSR count). The number of carbonyl (C=O) groups is 1. The Hall–Kier alpha value is -2.09. The lowest BCUT2D eigenvalue weighted by Crippen LogP contribution is -1.99. The third kappa shape index (κ3) is 3.20. The first-order valence-electron chi connectivity index (χ1n) is 6.08. The maximum Gasteiger partial charge on any atom is 0.336 e. The molecule has 1 N–H and O–H groups in total. The van der Waals surface area contributed by atoms with Crippen LogP contribution in [0.2, 0.25) is 0 Å². The van der Waals surface area contributed by atoms with Gasteiger partial charge in [-0.15, -0.1) is 0 Å². The normalized spacial score (nSPS) is 9.28. The van der Waals surface area contributed by atoms with E-state index < -0.39 is 5.97 Å². The minimum Gasteiger partial charge on any atom is -0.478 e. The molecule has 2 aromatic carbocycles. The second-order valence-corrected chi connectivity index (χ2v) is 3.72. The Morgan fingerprint density at radius 3 is 2.17 bits per heavy atom. The second-order valence-electron chi connectivity index (χ2n) is 3.72. The van der Waals surface area contributed by atoms with Gasteiger partial charge in [0.1, 0.15) is 0 Å². The van der Waals surface area contributed by atoms with Crippen LogP contribution in [0.15, 0.2) is 48.5 Å². The van der Waals surface area contributed by atoms with E-state index >= 15 is 0 Å².